The summed E-state index contributed by atoms with van der Waals surface area (Å²) in [5, 5.41) is 7.36. The van der Waals surface area contributed by atoms with Crippen LogP contribution in [0.2, 0.25) is 5.02 Å². The summed E-state index contributed by atoms with van der Waals surface area (Å²) in [6, 6.07) is 8.77. The number of benzene rings is 1. The maximum absolute atomic E-state index is 12.5. The molecular weight excluding hydrogens is 366 g/mol. The average Bonchev–Trinajstić information content (AvgIpc) is 3.43. The van der Waals surface area contributed by atoms with Gasteiger partial charge in [-0.1, -0.05) is 23.7 Å². The lowest BCUT2D eigenvalue weighted by Gasteiger charge is -2.17. The SMILES string of the molecule is C[C@H](Nc1nccc(C2(NC=O)CC2)n1)c1cc2cccc(Cl)c2[nH]c1=O. The van der Waals surface area contributed by atoms with Crippen molar-refractivity contribution in [1.82, 2.24) is 20.3 Å². The summed E-state index contributed by atoms with van der Waals surface area (Å²) in [4.78, 5) is 34.9. The third kappa shape index (κ3) is 3.26. The van der Waals surface area contributed by atoms with Gasteiger partial charge < -0.3 is 15.6 Å². The first-order chi connectivity index (χ1) is 13.0. The van der Waals surface area contributed by atoms with E-state index in [1.807, 2.05) is 25.1 Å². The number of amides is 1. The van der Waals surface area contributed by atoms with Gasteiger partial charge in [0.15, 0.2) is 0 Å². The highest BCUT2D eigenvalue weighted by Gasteiger charge is 2.45. The van der Waals surface area contributed by atoms with Crippen LogP contribution in [0.15, 0.2) is 41.3 Å². The molecule has 1 saturated carbocycles. The van der Waals surface area contributed by atoms with E-state index in [0.29, 0.717) is 28.5 Å². The van der Waals surface area contributed by atoms with E-state index in [-0.39, 0.29) is 17.1 Å². The summed E-state index contributed by atoms with van der Waals surface area (Å²) in [6.45, 7) is 1.87. The van der Waals surface area contributed by atoms with Crippen molar-refractivity contribution < 1.29 is 4.79 Å². The van der Waals surface area contributed by atoms with Crippen LogP contribution in [0.3, 0.4) is 0 Å². The van der Waals surface area contributed by atoms with Crippen LogP contribution in [0.5, 0.6) is 0 Å². The Bertz CT molecular complexity index is 1080. The normalized spacial score (nSPS) is 15.9. The van der Waals surface area contributed by atoms with Crippen molar-refractivity contribution in [2.75, 3.05) is 5.32 Å². The summed E-state index contributed by atoms with van der Waals surface area (Å²) in [5.41, 5.74) is 1.34. The molecule has 0 aliphatic heterocycles. The van der Waals surface area contributed by atoms with Gasteiger partial charge in [-0.3, -0.25) is 9.59 Å². The smallest absolute Gasteiger partial charge is 0.253 e. The van der Waals surface area contributed by atoms with Crippen molar-refractivity contribution >= 4 is 34.9 Å². The molecule has 0 spiro atoms. The van der Waals surface area contributed by atoms with Crippen LogP contribution in [0, 0.1) is 0 Å². The third-order valence-electron chi connectivity index (χ3n) is 4.90. The van der Waals surface area contributed by atoms with E-state index in [4.69, 9.17) is 11.6 Å². The molecule has 7 nitrogen and oxygen atoms in total. The Kier molecular flexibility index (Phi) is 4.31. The van der Waals surface area contributed by atoms with Gasteiger partial charge in [0.05, 0.1) is 27.8 Å². The van der Waals surface area contributed by atoms with Crippen LogP contribution >= 0.6 is 11.6 Å². The van der Waals surface area contributed by atoms with Crippen molar-refractivity contribution in [1.29, 1.82) is 0 Å². The number of rotatable bonds is 6. The molecule has 1 amide bonds. The van der Waals surface area contributed by atoms with Crippen molar-refractivity contribution in [3.05, 3.63) is 63.2 Å². The number of pyridine rings is 1. The monoisotopic (exact) mass is 383 g/mol. The minimum absolute atomic E-state index is 0.215. The molecule has 2 aromatic heterocycles. The second kappa shape index (κ2) is 6.66. The number of para-hydroxylation sites is 1. The fourth-order valence-electron chi connectivity index (χ4n) is 3.21. The van der Waals surface area contributed by atoms with Crippen LogP contribution < -0.4 is 16.2 Å². The predicted octanol–water partition coefficient (Wildman–Crippen LogP) is 2.88. The summed E-state index contributed by atoms with van der Waals surface area (Å²) < 4.78 is 0. The molecule has 138 valence electrons. The Morgan fingerprint density at radius 1 is 1.33 bits per heavy atom. The van der Waals surface area contributed by atoms with Crippen LogP contribution in [0.1, 0.15) is 37.1 Å². The molecule has 3 aromatic rings. The largest absolute Gasteiger partial charge is 0.348 e. The summed E-state index contributed by atoms with van der Waals surface area (Å²) in [5.74, 6) is 0.407. The highest BCUT2D eigenvalue weighted by Crippen LogP contribution is 2.44. The number of fused-ring (bicyclic) bond motifs is 1. The summed E-state index contributed by atoms with van der Waals surface area (Å²) in [6.07, 6.45) is 4.05. The Morgan fingerprint density at radius 2 is 2.15 bits per heavy atom. The van der Waals surface area contributed by atoms with E-state index in [1.165, 1.54) is 0 Å². The maximum atomic E-state index is 12.5. The number of nitrogens with zero attached hydrogens (tertiary/aromatic N) is 2. The number of hydrogen-bond donors (Lipinski definition) is 3. The van der Waals surface area contributed by atoms with E-state index in [2.05, 4.69) is 25.6 Å². The third-order valence-corrected chi connectivity index (χ3v) is 5.22. The number of anilines is 1. The second-order valence-electron chi connectivity index (χ2n) is 6.73. The molecule has 1 aliphatic carbocycles. The average molecular weight is 384 g/mol. The number of hydrogen-bond acceptors (Lipinski definition) is 5. The molecule has 2 heterocycles. The fraction of sp³-hybridized carbons (Fsp3) is 0.263. The van der Waals surface area contributed by atoms with E-state index in [1.54, 1.807) is 18.3 Å². The molecule has 0 saturated heterocycles. The van der Waals surface area contributed by atoms with Crippen molar-refractivity contribution in [2.24, 2.45) is 0 Å². The van der Waals surface area contributed by atoms with Crippen molar-refractivity contribution in [3.63, 3.8) is 0 Å². The van der Waals surface area contributed by atoms with Gasteiger partial charge in [-0.25, -0.2) is 9.97 Å². The van der Waals surface area contributed by atoms with Crippen LogP contribution in [0.4, 0.5) is 5.95 Å². The highest BCUT2D eigenvalue weighted by molar-refractivity contribution is 6.35. The number of aromatic nitrogens is 3. The number of H-pyrrole nitrogens is 1. The molecule has 27 heavy (non-hydrogen) atoms. The molecule has 3 N–H and O–H groups in total. The van der Waals surface area contributed by atoms with E-state index in [0.717, 1.165) is 23.9 Å². The van der Waals surface area contributed by atoms with Gasteiger partial charge in [0, 0.05) is 17.1 Å². The van der Waals surface area contributed by atoms with E-state index < -0.39 is 0 Å². The molecule has 1 aliphatic rings. The lowest BCUT2D eigenvalue weighted by atomic mass is 10.1. The van der Waals surface area contributed by atoms with Gasteiger partial charge in [0.25, 0.3) is 5.56 Å². The first-order valence-electron chi connectivity index (χ1n) is 8.65. The van der Waals surface area contributed by atoms with E-state index >= 15 is 0 Å². The second-order valence-corrected chi connectivity index (χ2v) is 7.14. The molecule has 0 radical (unpaired) electrons. The molecule has 1 aromatic carbocycles. The topological polar surface area (TPSA) is 99.8 Å². The highest BCUT2D eigenvalue weighted by atomic mass is 35.5. The fourth-order valence-corrected chi connectivity index (χ4v) is 3.44. The van der Waals surface area contributed by atoms with Crippen molar-refractivity contribution in [3.8, 4) is 0 Å². The molecule has 0 bridgehead atoms. The first-order valence-corrected chi connectivity index (χ1v) is 9.03. The van der Waals surface area contributed by atoms with Crippen LogP contribution in [-0.4, -0.2) is 21.4 Å². The van der Waals surface area contributed by atoms with Crippen LogP contribution in [-0.2, 0) is 10.3 Å². The number of halogens is 1. The molecule has 0 unspecified atom stereocenters. The number of carbonyl (C=O) groups excluding carboxylic acids is 1. The summed E-state index contributed by atoms with van der Waals surface area (Å²) >= 11 is 6.15. The van der Waals surface area contributed by atoms with Gasteiger partial charge in [0.1, 0.15) is 0 Å². The Balaban J connectivity index is 1.62. The van der Waals surface area contributed by atoms with Gasteiger partial charge in [-0.05, 0) is 38.0 Å². The number of aromatic amines is 1. The van der Waals surface area contributed by atoms with E-state index in [9.17, 15) is 9.59 Å². The first kappa shape index (κ1) is 17.5. The standard InChI is InChI=1S/C19H18ClN5O2/c1-11(13-9-12-3-2-4-14(20)16(12)25-17(13)27)23-18-21-8-5-15(24-18)19(6-7-19)22-10-26/h2-5,8-11H,6-7H2,1H3,(H,22,26)(H,25,27)(H,21,23,24)/t11-/m0/s1. The Morgan fingerprint density at radius 3 is 2.89 bits per heavy atom. The number of nitrogens with one attached hydrogen (secondary N) is 3. The molecule has 8 heteroatoms. The summed E-state index contributed by atoms with van der Waals surface area (Å²) in [7, 11) is 0. The molecule has 1 fully saturated rings. The maximum Gasteiger partial charge on any atom is 0.253 e. The predicted molar refractivity (Wildman–Crippen MR) is 104 cm³/mol. The molecule has 1 atom stereocenters. The Hall–Kier alpha value is -2.93. The molecular formula is C19H18ClN5O2. The van der Waals surface area contributed by atoms with Gasteiger partial charge >= 0.3 is 0 Å². The zero-order valence-corrected chi connectivity index (χ0v) is 15.4. The minimum atomic E-state index is -0.387. The minimum Gasteiger partial charge on any atom is -0.348 e. The van der Waals surface area contributed by atoms with Gasteiger partial charge in [0.2, 0.25) is 12.4 Å². The van der Waals surface area contributed by atoms with Gasteiger partial charge in [-0.2, -0.15) is 0 Å². The Labute approximate surface area is 160 Å². The zero-order chi connectivity index (χ0) is 19.0. The lowest BCUT2D eigenvalue weighted by molar-refractivity contribution is -0.110. The zero-order valence-electron chi connectivity index (χ0n) is 14.6. The lowest BCUT2D eigenvalue weighted by Crippen LogP contribution is -2.29. The number of carbonyl (C=O) groups is 1. The van der Waals surface area contributed by atoms with Gasteiger partial charge in [-0.15, -0.1) is 0 Å². The van der Waals surface area contributed by atoms with Crippen molar-refractivity contribution in [2.45, 2.75) is 31.3 Å². The van der Waals surface area contributed by atoms with Crippen LogP contribution in [0.25, 0.3) is 10.9 Å². The quantitative estimate of drug-likeness (QED) is 0.568. The molecule has 4 rings (SSSR count).